The lowest BCUT2D eigenvalue weighted by Gasteiger charge is -2.19. The molecule has 1 aromatic rings. The van der Waals surface area contributed by atoms with Crippen LogP contribution < -0.4 is 15.7 Å². The van der Waals surface area contributed by atoms with Crippen LogP contribution in [-0.4, -0.2) is 57.1 Å². The summed E-state index contributed by atoms with van der Waals surface area (Å²) in [6, 6.07) is 0. The molecule has 1 fully saturated rings. The van der Waals surface area contributed by atoms with E-state index in [0.29, 0.717) is 14.7 Å². The number of aliphatic hydroxyl groups is 2. The SMILES string of the molecule is N=c1c(OP(=O)(O)OP(=O)(O)OP(=O)(O)O)cn([C@H]2C[C@H](O)[C@@H](CO)O2)c(=O)n1S. The van der Waals surface area contributed by atoms with Crippen LogP contribution in [0.4, 0.5) is 0 Å². The predicted molar refractivity (Wildman–Crippen MR) is 95.0 cm³/mol. The molecule has 0 radical (unpaired) electrons. The smallest absolute Gasteiger partial charge is 0.398 e. The average molecular weight is 515 g/mol. The van der Waals surface area contributed by atoms with Gasteiger partial charge in [-0.1, -0.05) is 12.8 Å². The Morgan fingerprint density at radius 1 is 1.20 bits per heavy atom. The van der Waals surface area contributed by atoms with Crippen LogP contribution in [-0.2, 0) is 27.1 Å². The Morgan fingerprint density at radius 3 is 2.30 bits per heavy atom. The van der Waals surface area contributed by atoms with Crippen LogP contribution in [0.2, 0.25) is 0 Å². The van der Waals surface area contributed by atoms with Gasteiger partial charge in [-0.3, -0.25) is 14.9 Å². The standard InChI is InChI=1S/C9H16N3O14P3S/c10-8-5(24-28(19,20)26-29(21,22)25-27(16,17)18)2-11(9(15)12(8)30)7-1-4(14)6(3-13)23-7/h2,4,6-7,10,13-14,30H,1,3H2,(H,19,20)(H,21,22)(H2,16,17,18)/t4-,6+,7+/m0/s1. The summed E-state index contributed by atoms with van der Waals surface area (Å²) in [6.07, 6.45) is -2.98. The van der Waals surface area contributed by atoms with Gasteiger partial charge in [-0.05, 0) is 0 Å². The molecule has 1 aromatic heterocycles. The number of nitrogens with one attached hydrogen (secondary N) is 1. The summed E-state index contributed by atoms with van der Waals surface area (Å²) in [5.41, 5.74) is -1.95. The van der Waals surface area contributed by atoms with Crippen molar-refractivity contribution < 1.29 is 61.4 Å². The minimum Gasteiger partial charge on any atom is -0.398 e. The van der Waals surface area contributed by atoms with Gasteiger partial charge in [0.1, 0.15) is 12.3 Å². The first-order valence-corrected chi connectivity index (χ1v) is 12.4. The van der Waals surface area contributed by atoms with Gasteiger partial charge < -0.3 is 34.2 Å². The summed E-state index contributed by atoms with van der Waals surface area (Å²) in [5.74, 6) is -0.919. The molecule has 30 heavy (non-hydrogen) atoms. The van der Waals surface area contributed by atoms with Crippen LogP contribution in [0.3, 0.4) is 0 Å². The molecule has 0 aromatic carbocycles. The average Bonchev–Trinajstić information content (AvgIpc) is 2.92. The lowest BCUT2D eigenvalue weighted by atomic mass is 10.2. The predicted octanol–water partition coefficient (Wildman–Crippen LogP) is -1.83. The van der Waals surface area contributed by atoms with Crippen molar-refractivity contribution in [1.29, 1.82) is 5.41 Å². The number of phosphoric acid groups is 3. The van der Waals surface area contributed by atoms with Gasteiger partial charge in [0.25, 0.3) is 0 Å². The number of thiol groups is 1. The van der Waals surface area contributed by atoms with Crippen LogP contribution >= 0.6 is 36.3 Å². The molecule has 0 saturated carbocycles. The van der Waals surface area contributed by atoms with Gasteiger partial charge in [0.2, 0.25) is 0 Å². The van der Waals surface area contributed by atoms with E-state index in [2.05, 4.69) is 26.0 Å². The van der Waals surface area contributed by atoms with E-state index in [-0.39, 0.29) is 6.42 Å². The van der Waals surface area contributed by atoms with E-state index in [4.69, 9.17) is 29.9 Å². The summed E-state index contributed by atoms with van der Waals surface area (Å²) in [4.78, 5) is 48.0. The monoisotopic (exact) mass is 515 g/mol. The molecule has 2 unspecified atom stereocenters. The number of phosphoric ester groups is 1. The third-order valence-corrected chi connectivity index (χ3v) is 7.55. The van der Waals surface area contributed by atoms with Crippen LogP contribution in [0.5, 0.6) is 5.75 Å². The second-order valence-corrected chi connectivity index (χ2v) is 10.4. The molecule has 172 valence electrons. The van der Waals surface area contributed by atoms with Crippen molar-refractivity contribution in [2.75, 3.05) is 6.61 Å². The number of nitrogens with zero attached hydrogens (tertiary/aromatic N) is 2. The highest BCUT2D eigenvalue weighted by Gasteiger charge is 2.42. The largest absolute Gasteiger partial charge is 0.536 e. The molecule has 0 amide bonds. The minimum absolute atomic E-state index is 0.203. The summed E-state index contributed by atoms with van der Waals surface area (Å²) in [7, 11) is -17.1. The van der Waals surface area contributed by atoms with Gasteiger partial charge in [-0.15, -0.1) is 0 Å². The van der Waals surface area contributed by atoms with Gasteiger partial charge in [-0.2, -0.15) is 8.62 Å². The number of aliphatic hydroxyl groups excluding tert-OH is 2. The Bertz CT molecular complexity index is 1060. The van der Waals surface area contributed by atoms with Gasteiger partial charge in [0.15, 0.2) is 11.2 Å². The number of ether oxygens (including phenoxy) is 1. The van der Waals surface area contributed by atoms with Crippen LogP contribution in [0.15, 0.2) is 11.0 Å². The van der Waals surface area contributed by atoms with E-state index >= 15 is 0 Å². The molecular formula is C9H16N3O14P3S. The first-order chi connectivity index (χ1) is 13.6. The number of hydrogen-bond donors (Lipinski definition) is 8. The highest BCUT2D eigenvalue weighted by Crippen LogP contribution is 2.65. The molecule has 1 aliphatic heterocycles. The molecule has 2 heterocycles. The van der Waals surface area contributed by atoms with Gasteiger partial charge in [0.05, 0.1) is 18.9 Å². The van der Waals surface area contributed by atoms with Crippen molar-refractivity contribution in [2.24, 2.45) is 0 Å². The Hall–Kier alpha value is -0.840. The summed E-state index contributed by atoms with van der Waals surface area (Å²) in [6.45, 7) is -0.585. The van der Waals surface area contributed by atoms with Crippen molar-refractivity contribution in [3.63, 3.8) is 0 Å². The zero-order valence-electron chi connectivity index (χ0n) is 14.4. The normalized spacial score (nSPS) is 26.2. The molecule has 0 bridgehead atoms. The lowest BCUT2D eigenvalue weighted by Crippen LogP contribution is -2.37. The Labute approximate surface area is 171 Å². The van der Waals surface area contributed by atoms with Gasteiger partial charge in [0, 0.05) is 6.42 Å². The molecule has 2 rings (SSSR count). The van der Waals surface area contributed by atoms with Crippen molar-refractivity contribution in [1.82, 2.24) is 8.54 Å². The molecule has 1 aliphatic rings. The van der Waals surface area contributed by atoms with Crippen molar-refractivity contribution in [3.05, 3.63) is 22.2 Å². The fraction of sp³-hybridized carbons (Fsp3) is 0.556. The maximum atomic E-state index is 12.3. The third-order valence-electron chi connectivity index (χ3n) is 3.43. The molecule has 0 aliphatic carbocycles. The first kappa shape index (κ1) is 25.4. The molecule has 1 saturated heterocycles. The topological polar surface area (TPSA) is 260 Å². The second-order valence-electron chi connectivity index (χ2n) is 5.64. The molecule has 0 spiro atoms. The van der Waals surface area contributed by atoms with Gasteiger partial charge in [-0.25, -0.2) is 22.5 Å². The van der Waals surface area contributed by atoms with Crippen molar-refractivity contribution in [3.8, 4) is 5.75 Å². The molecule has 17 nitrogen and oxygen atoms in total. The molecular weight excluding hydrogens is 499 g/mol. The van der Waals surface area contributed by atoms with Crippen LogP contribution in [0.25, 0.3) is 0 Å². The highest BCUT2D eigenvalue weighted by molar-refractivity contribution is 7.78. The fourth-order valence-electron chi connectivity index (χ4n) is 2.30. The quantitative estimate of drug-likeness (QED) is 0.140. The maximum absolute atomic E-state index is 12.3. The second kappa shape index (κ2) is 8.96. The van der Waals surface area contributed by atoms with Crippen molar-refractivity contribution in [2.45, 2.75) is 24.9 Å². The summed E-state index contributed by atoms with van der Waals surface area (Å²) < 4.78 is 51.8. The maximum Gasteiger partial charge on any atom is 0.536 e. The molecule has 5 atom stereocenters. The Balaban J connectivity index is 2.36. The van der Waals surface area contributed by atoms with E-state index in [9.17, 15) is 28.5 Å². The van der Waals surface area contributed by atoms with E-state index in [1.165, 1.54) is 0 Å². The number of rotatable bonds is 8. The highest BCUT2D eigenvalue weighted by atomic mass is 32.1. The third kappa shape index (κ3) is 6.34. The molecule has 21 heteroatoms. The van der Waals surface area contributed by atoms with Crippen molar-refractivity contribution >= 4 is 36.3 Å². The van der Waals surface area contributed by atoms with E-state index < -0.39 is 65.4 Å². The number of hydrogen-bond acceptors (Lipinski definition) is 12. The van der Waals surface area contributed by atoms with Gasteiger partial charge >= 0.3 is 29.2 Å². The zero-order valence-corrected chi connectivity index (χ0v) is 17.9. The lowest BCUT2D eigenvalue weighted by molar-refractivity contribution is -0.0461. The Kier molecular flexibility index (Phi) is 7.59. The van der Waals surface area contributed by atoms with E-state index in [1.807, 2.05) is 0 Å². The fourth-order valence-corrected chi connectivity index (χ4v) is 5.52. The van der Waals surface area contributed by atoms with Crippen LogP contribution in [0.1, 0.15) is 12.6 Å². The zero-order chi connectivity index (χ0) is 23.1. The van der Waals surface area contributed by atoms with Crippen LogP contribution in [0, 0.1) is 5.41 Å². The molecule has 7 N–H and O–H groups in total. The summed E-state index contributed by atoms with van der Waals surface area (Å²) >= 11 is 3.71. The van der Waals surface area contributed by atoms with E-state index in [1.54, 1.807) is 0 Å². The number of aromatic nitrogens is 2. The minimum atomic E-state index is -5.80. The Morgan fingerprint density at radius 2 is 1.80 bits per heavy atom. The van der Waals surface area contributed by atoms with E-state index in [0.717, 1.165) is 0 Å². The summed E-state index contributed by atoms with van der Waals surface area (Å²) in [5, 5.41) is 26.6. The first-order valence-electron chi connectivity index (χ1n) is 7.45.